The highest BCUT2D eigenvalue weighted by Gasteiger charge is 2.40. The topological polar surface area (TPSA) is 29.3 Å². The molecule has 0 amide bonds. The van der Waals surface area contributed by atoms with Gasteiger partial charge in [0.15, 0.2) is 0 Å². The molecule has 0 aromatic heterocycles. The first-order chi connectivity index (χ1) is 10.1. The molecule has 0 spiro atoms. The van der Waals surface area contributed by atoms with Crippen molar-refractivity contribution in [3.63, 3.8) is 0 Å². The van der Waals surface area contributed by atoms with E-state index in [9.17, 15) is 4.39 Å². The van der Waals surface area contributed by atoms with E-state index in [0.29, 0.717) is 6.54 Å². The summed E-state index contributed by atoms with van der Waals surface area (Å²) in [4.78, 5) is 2.32. The summed E-state index contributed by atoms with van der Waals surface area (Å²) in [6.07, 6.45) is 5.63. The molecule has 2 nitrogen and oxygen atoms in total. The molecule has 1 aromatic rings. The Bertz CT molecular complexity index is 508. The van der Waals surface area contributed by atoms with Crippen LogP contribution in [0.25, 0.3) is 0 Å². The lowest BCUT2D eigenvalue weighted by Gasteiger charge is -2.33. The van der Waals surface area contributed by atoms with Gasteiger partial charge >= 0.3 is 0 Å². The summed E-state index contributed by atoms with van der Waals surface area (Å²) in [6, 6.07) is 4.95. The van der Waals surface area contributed by atoms with Crippen LogP contribution in [0.2, 0.25) is 0 Å². The molecule has 4 atom stereocenters. The van der Waals surface area contributed by atoms with Crippen LogP contribution in [0.4, 0.5) is 4.39 Å². The minimum atomic E-state index is -0.194. The van der Waals surface area contributed by atoms with E-state index in [-0.39, 0.29) is 11.9 Å². The average molecular weight is 355 g/mol. The zero-order valence-electron chi connectivity index (χ0n) is 12.6. The molecule has 116 valence electrons. The maximum atomic E-state index is 13.6. The number of benzene rings is 1. The fourth-order valence-electron chi connectivity index (χ4n) is 4.41. The molecule has 2 aliphatic carbocycles. The van der Waals surface area contributed by atoms with Crippen LogP contribution in [0, 0.1) is 23.6 Å². The van der Waals surface area contributed by atoms with Gasteiger partial charge in [-0.3, -0.25) is 4.90 Å². The third kappa shape index (κ3) is 3.17. The van der Waals surface area contributed by atoms with Crippen LogP contribution in [-0.4, -0.2) is 25.0 Å². The van der Waals surface area contributed by atoms with Crippen molar-refractivity contribution >= 4 is 15.9 Å². The van der Waals surface area contributed by atoms with E-state index in [2.05, 4.69) is 27.9 Å². The highest BCUT2D eigenvalue weighted by molar-refractivity contribution is 9.10. The highest BCUT2D eigenvalue weighted by Crippen LogP contribution is 2.48. The quantitative estimate of drug-likeness (QED) is 0.866. The van der Waals surface area contributed by atoms with Crippen LogP contribution in [-0.2, 0) is 0 Å². The predicted molar refractivity (Wildman–Crippen MR) is 87.5 cm³/mol. The van der Waals surface area contributed by atoms with Crippen LogP contribution in [0.3, 0.4) is 0 Å². The van der Waals surface area contributed by atoms with Gasteiger partial charge in [0, 0.05) is 23.6 Å². The van der Waals surface area contributed by atoms with Gasteiger partial charge in [-0.2, -0.15) is 0 Å². The predicted octanol–water partition coefficient (Wildman–Crippen LogP) is 3.96. The van der Waals surface area contributed by atoms with E-state index < -0.39 is 0 Å². The zero-order valence-corrected chi connectivity index (χ0v) is 14.2. The largest absolute Gasteiger partial charge is 0.329 e. The van der Waals surface area contributed by atoms with Gasteiger partial charge in [-0.25, -0.2) is 4.39 Å². The number of nitrogens with zero attached hydrogens (tertiary/aromatic N) is 1. The summed E-state index contributed by atoms with van der Waals surface area (Å²) >= 11 is 3.54. The number of hydrogen-bond donors (Lipinski definition) is 1. The number of hydrogen-bond acceptors (Lipinski definition) is 2. The molecule has 4 unspecified atom stereocenters. The van der Waals surface area contributed by atoms with E-state index in [1.54, 1.807) is 12.1 Å². The van der Waals surface area contributed by atoms with E-state index in [4.69, 9.17) is 5.73 Å². The van der Waals surface area contributed by atoms with Crippen molar-refractivity contribution in [1.82, 2.24) is 4.90 Å². The third-order valence-corrected chi connectivity index (χ3v) is 6.20. The molecule has 0 saturated heterocycles. The van der Waals surface area contributed by atoms with Gasteiger partial charge < -0.3 is 5.73 Å². The van der Waals surface area contributed by atoms with Gasteiger partial charge in [0.2, 0.25) is 0 Å². The molecule has 2 aliphatic rings. The maximum Gasteiger partial charge on any atom is 0.123 e. The second-order valence-corrected chi connectivity index (χ2v) is 7.65. The second-order valence-electron chi connectivity index (χ2n) is 6.79. The molecule has 1 aromatic carbocycles. The van der Waals surface area contributed by atoms with Gasteiger partial charge in [0.25, 0.3) is 0 Å². The Morgan fingerprint density at radius 2 is 2.19 bits per heavy atom. The Kier molecular flexibility index (Phi) is 4.67. The number of rotatable bonds is 5. The minimum absolute atomic E-state index is 0.0780. The smallest absolute Gasteiger partial charge is 0.123 e. The van der Waals surface area contributed by atoms with E-state index in [1.807, 2.05) is 0 Å². The molecule has 0 radical (unpaired) electrons. The monoisotopic (exact) mass is 354 g/mol. The summed E-state index contributed by atoms with van der Waals surface area (Å²) < 4.78 is 14.5. The number of likely N-dealkylation sites (N-methyl/N-ethyl adjacent to an activating group) is 1. The molecule has 2 bridgehead atoms. The van der Waals surface area contributed by atoms with Crippen LogP contribution in [0.1, 0.15) is 37.3 Å². The zero-order chi connectivity index (χ0) is 15.0. The summed E-state index contributed by atoms with van der Waals surface area (Å²) in [7, 11) is 2.13. The highest BCUT2D eigenvalue weighted by atomic mass is 79.9. The van der Waals surface area contributed by atoms with Crippen LogP contribution < -0.4 is 5.73 Å². The molecule has 2 N–H and O–H groups in total. The van der Waals surface area contributed by atoms with Crippen LogP contribution in [0.15, 0.2) is 22.7 Å². The van der Waals surface area contributed by atoms with E-state index >= 15 is 0 Å². The number of nitrogens with two attached hydrogens (primary N) is 1. The SMILES string of the molecule is CN(CC1CC2CCC1C2)C(CN)c1cc(F)ccc1Br. The van der Waals surface area contributed by atoms with Crippen molar-refractivity contribution in [3.05, 3.63) is 34.1 Å². The summed E-state index contributed by atoms with van der Waals surface area (Å²) in [5, 5.41) is 0. The fourth-order valence-corrected chi connectivity index (χ4v) is 4.92. The van der Waals surface area contributed by atoms with Crippen LogP contribution in [0.5, 0.6) is 0 Å². The molecule has 0 aliphatic heterocycles. The van der Waals surface area contributed by atoms with Gasteiger partial charge in [0.05, 0.1) is 0 Å². The standard InChI is InChI=1S/C17H24BrFN2/c1-21(10-13-7-11-2-3-12(13)6-11)17(9-20)15-8-14(19)4-5-16(15)18/h4-5,8,11-13,17H,2-3,6-7,9-10,20H2,1H3. The first-order valence-electron chi connectivity index (χ1n) is 7.93. The molecule has 3 rings (SSSR count). The normalized spacial score (nSPS) is 29.3. The Balaban J connectivity index is 1.71. The van der Waals surface area contributed by atoms with Crippen molar-refractivity contribution in [2.75, 3.05) is 20.1 Å². The van der Waals surface area contributed by atoms with Gasteiger partial charge in [-0.1, -0.05) is 22.4 Å². The van der Waals surface area contributed by atoms with Crippen molar-refractivity contribution in [2.45, 2.75) is 31.7 Å². The third-order valence-electron chi connectivity index (χ3n) is 5.48. The van der Waals surface area contributed by atoms with Crippen LogP contribution >= 0.6 is 15.9 Å². The lowest BCUT2D eigenvalue weighted by atomic mass is 9.88. The summed E-state index contributed by atoms with van der Waals surface area (Å²) in [5.41, 5.74) is 6.95. The maximum absolute atomic E-state index is 13.6. The first-order valence-corrected chi connectivity index (χ1v) is 8.73. The Morgan fingerprint density at radius 1 is 1.38 bits per heavy atom. The first kappa shape index (κ1) is 15.4. The Hall–Kier alpha value is -0.450. The number of halogens is 2. The average Bonchev–Trinajstić information content (AvgIpc) is 3.06. The second kappa shape index (κ2) is 6.35. The molecule has 4 heteroatoms. The lowest BCUT2D eigenvalue weighted by Crippen LogP contribution is -2.36. The van der Waals surface area contributed by atoms with Crippen molar-refractivity contribution < 1.29 is 4.39 Å². The van der Waals surface area contributed by atoms with Gasteiger partial charge in [0.1, 0.15) is 5.82 Å². The molecular formula is C17H24BrFN2. The lowest BCUT2D eigenvalue weighted by molar-refractivity contribution is 0.175. The summed E-state index contributed by atoms with van der Waals surface area (Å²) in [5.74, 6) is 2.48. The van der Waals surface area contributed by atoms with E-state index in [0.717, 1.165) is 34.3 Å². The Morgan fingerprint density at radius 3 is 2.81 bits per heavy atom. The molecule has 21 heavy (non-hydrogen) atoms. The van der Waals surface area contributed by atoms with Crippen molar-refractivity contribution in [3.8, 4) is 0 Å². The molecule has 2 saturated carbocycles. The minimum Gasteiger partial charge on any atom is -0.329 e. The van der Waals surface area contributed by atoms with E-state index in [1.165, 1.54) is 31.7 Å². The molecular weight excluding hydrogens is 331 g/mol. The van der Waals surface area contributed by atoms with Gasteiger partial charge in [-0.05, 0) is 67.8 Å². The van der Waals surface area contributed by atoms with Crippen molar-refractivity contribution in [1.29, 1.82) is 0 Å². The number of fused-ring (bicyclic) bond motifs is 2. The molecule has 0 heterocycles. The van der Waals surface area contributed by atoms with Crippen molar-refractivity contribution in [2.24, 2.45) is 23.5 Å². The summed E-state index contributed by atoms with van der Waals surface area (Å²) in [6.45, 7) is 1.59. The van der Waals surface area contributed by atoms with Gasteiger partial charge in [-0.15, -0.1) is 0 Å². The molecule has 2 fully saturated rings. The fraction of sp³-hybridized carbons (Fsp3) is 0.647. The Labute approximate surface area is 135 Å².